The molecule has 2 atom stereocenters. The first-order valence-corrected chi connectivity index (χ1v) is 10.3. The van der Waals surface area contributed by atoms with Crippen molar-refractivity contribution in [2.45, 2.75) is 18.8 Å². The largest absolute Gasteiger partial charge is 0.416 e. The molecule has 3 aromatic rings. The zero-order valence-electron chi connectivity index (χ0n) is 15.5. The van der Waals surface area contributed by atoms with Gasteiger partial charge in [0.25, 0.3) is 0 Å². The lowest BCUT2D eigenvalue weighted by molar-refractivity contribution is -0.137. The van der Waals surface area contributed by atoms with Crippen molar-refractivity contribution in [3.8, 4) is 5.69 Å². The van der Waals surface area contributed by atoms with Crippen LogP contribution in [-0.2, 0) is 30.6 Å². The van der Waals surface area contributed by atoms with Gasteiger partial charge < -0.3 is 0 Å². The molecule has 29 heavy (non-hydrogen) atoms. The fourth-order valence-electron chi connectivity index (χ4n) is 3.33. The zero-order valence-corrected chi connectivity index (χ0v) is 16.3. The van der Waals surface area contributed by atoms with Gasteiger partial charge in [0.1, 0.15) is 0 Å². The third kappa shape index (κ3) is 4.22. The molecule has 2 aromatic heterocycles. The van der Waals surface area contributed by atoms with Crippen LogP contribution in [0.4, 0.5) is 13.2 Å². The van der Waals surface area contributed by atoms with Gasteiger partial charge in [-0.3, -0.25) is 13.8 Å². The number of tetrazole rings is 1. The van der Waals surface area contributed by atoms with E-state index in [-0.39, 0.29) is 6.04 Å². The molecular weight excluding hydrogens is 407 g/mol. The van der Waals surface area contributed by atoms with Crippen molar-refractivity contribution >= 4 is 10.8 Å². The second-order valence-electron chi connectivity index (χ2n) is 6.80. The summed E-state index contributed by atoms with van der Waals surface area (Å²) in [5.74, 6) is 1.51. The predicted octanol–water partition coefficient (Wildman–Crippen LogP) is 1.72. The van der Waals surface area contributed by atoms with Crippen LogP contribution in [0.2, 0.25) is 0 Å². The van der Waals surface area contributed by atoms with Crippen molar-refractivity contribution in [3.63, 3.8) is 0 Å². The Bertz CT molecular complexity index is 1010. The van der Waals surface area contributed by atoms with E-state index in [2.05, 4.69) is 25.5 Å². The maximum atomic E-state index is 12.8. The Labute approximate surface area is 166 Å². The van der Waals surface area contributed by atoms with E-state index in [4.69, 9.17) is 0 Å². The predicted molar refractivity (Wildman–Crippen MR) is 98.4 cm³/mol. The highest BCUT2D eigenvalue weighted by atomic mass is 32.2. The van der Waals surface area contributed by atoms with E-state index in [1.54, 1.807) is 10.9 Å². The highest BCUT2D eigenvalue weighted by molar-refractivity contribution is 7.85. The third-order valence-electron chi connectivity index (χ3n) is 4.82. The topological polar surface area (TPSA) is 81.7 Å². The van der Waals surface area contributed by atoms with E-state index in [9.17, 15) is 17.4 Å². The van der Waals surface area contributed by atoms with Crippen LogP contribution >= 0.6 is 0 Å². The second kappa shape index (κ2) is 7.67. The fraction of sp³-hybridized carbons (Fsp3) is 0.412. The minimum Gasteiger partial charge on any atom is -0.287 e. The number of benzene rings is 1. The SMILES string of the molecule is Cn1cc([C@@H]2C[S@](=O)CCN2Cc2nnnn2-c2ccc(C(F)(F)F)cc2)cn1. The van der Waals surface area contributed by atoms with Crippen molar-refractivity contribution in [1.29, 1.82) is 0 Å². The number of aryl methyl sites for hydroxylation is 1. The van der Waals surface area contributed by atoms with Crippen molar-refractivity contribution in [3.05, 3.63) is 53.6 Å². The molecule has 1 saturated heterocycles. The number of rotatable bonds is 4. The molecule has 12 heteroatoms. The summed E-state index contributed by atoms with van der Waals surface area (Å²) in [6.07, 6.45) is -0.763. The number of alkyl halides is 3. The monoisotopic (exact) mass is 425 g/mol. The van der Waals surface area contributed by atoms with E-state index in [1.165, 1.54) is 16.8 Å². The molecule has 8 nitrogen and oxygen atoms in total. The number of halogens is 3. The minimum atomic E-state index is -4.40. The van der Waals surface area contributed by atoms with Crippen molar-refractivity contribution in [2.24, 2.45) is 7.05 Å². The van der Waals surface area contributed by atoms with Gasteiger partial charge in [-0.15, -0.1) is 5.10 Å². The number of nitrogens with zero attached hydrogens (tertiary/aromatic N) is 7. The van der Waals surface area contributed by atoms with Gasteiger partial charge in [0.15, 0.2) is 5.82 Å². The van der Waals surface area contributed by atoms with Gasteiger partial charge in [-0.25, -0.2) is 0 Å². The van der Waals surface area contributed by atoms with Gasteiger partial charge in [-0.1, -0.05) is 0 Å². The van der Waals surface area contributed by atoms with E-state index in [0.717, 1.165) is 17.7 Å². The van der Waals surface area contributed by atoms with Crippen LogP contribution in [0.5, 0.6) is 0 Å². The van der Waals surface area contributed by atoms with E-state index < -0.39 is 22.5 Å². The quantitative estimate of drug-likeness (QED) is 0.633. The third-order valence-corrected chi connectivity index (χ3v) is 6.14. The molecule has 1 aromatic carbocycles. The summed E-state index contributed by atoms with van der Waals surface area (Å²) in [7, 11) is 0.891. The zero-order chi connectivity index (χ0) is 20.6. The van der Waals surface area contributed by atoms with Crippen molar-refractivity contribution in [2.75, 3.05) is 18.1 Å². The van der Waals surface area contributed by atoms with Crippen molar-refractivity contribution in [1.82, 2.24) is 34.9 Å². The van der Waals surface area contributed by atoms with Crippen LogP contribution in [0, 0.1) is 0 Å². The standard InChI is InChI=1S/C17H18F3N7OS/c1-25-9-12(8-21-25)15-11-29(28)7-6-26(15)10-16-22-23-24-27(16)14-4-2-13(3-5-14)17(18,19)20/h2-5,8-9,15H,6-7,10-11H2,1H3/t15-,29+/m0/s1. The lowest BCUT2D eigenvalue weighted by Gasteiger charge is -2.34. The van der Waals surface area contributed by atoms with Crippen LogP contribution in [-0.4, -0.2) is 57.1 Å². The van der Waals surface area contributed by atoms with Gasteiger partial charge in [0.2, 0.25) is 0 Å². The highest BCUT2D eigenvalue weighted by Crippen LogP contribution is 2.30. The first-order chi connectivity index (χ1) is 13.8. The summed E-state index contributed by atoms with van der Waals surface area (Å²) < 4.78 is 53.6. The van der Waals surface area contributed by atoms with Crippen LogP contribution in [0.15, 0.2) is 36.7 Å². The van der Waals surface area contributed by atoms with Crippen LogP contribution < -0.4 is 0 Å². The summed E-state index contributed by atoms with van der Waals surface area (Å²) in [4.78, 5) is 2.12. The average Bonchev–Trinajstić information content (AvgIpc) is 3.31. The van der Waals surface area contributed by atoms with E-state index in [0.29, 0.717) is 36.1 Å². The summed E-state index contributed by atoms with van der Waals surface area (Å²) in [6.45, 7) is 0.955. The van der Waals surface area contributed by atoms with Crippen LogP contribution in [0.25, 0.3) is 5.69 Å². The molecule has 0 radical (unpaired) electrons. The Hall–Kier alpha value is -2.60. The van der Waals surface area contributed by atoms with Gasteiger partial charge >= 0.3 is 6.18 Å². The Morgan fingerprint density at radius 3 is 2.66 bits per heavy atom. The molecule has 0 saturated carbocycles. The van der Waals surface area contributed by atoms with E-state index >= 15 is 0 Å². The van der Waals surface area contributed by atoms with E-state index in [1.807, 2.05) is 13.2 Å². The minimum absolute atomic E-state index is 0.101. The lowest BCUT2D eigenvalue weighted by Crippen LogP contribution is -2.40. The molecule has 0 unspecified atom stereocenters. The molecule has 154 valence electrons. The van der Waals surface area contributed by atoms with Crippen LogP contribution in [0.3, 0.4) is 0 Å². The van der Waals surface area contributed by atoms with Gasteiger partial charge in [0, 0.05) is 53.7 Å². The molecule has 0 spiro atoms. The molecule has 4 rings (SSSR count). The first kappa shape index (κ1) is 19.7. The summed E-state index contributed by atoms with van der Waals surface area (Å²) >= 11 is 0. The summed E-state index contributed by atoms with van der Waals surface area (Å²) in [6, 6.07) is 4.59. The number of hydrogen-bond donors (Lipinski definition) is 0. The Balaban J connectivity index is 1.58. The van der Waals surface area contributed by atoms with Crippen molar-refractivity contribution < 1.29 is 17.4 Å². The van der Waals surface area contributed by atoms with Gasteiger partial charge in [-0.2, -0.15) is 23.0 Å². The molecule has 0 bridgehead atoms. The van der Waals surface area contributed by atoms with Gasteiger partial charge in [0.05, 0.1) is 24.0 Å². The second-order valence-corrected chi connectivity index (χ2v) is 8.42. The molecule has 0 aliphatic carbocycles. The first-order valence-electron chi connectivity index (χ1n) is 8.84. The van der Waals surface area contributed by atoms with Gasteiger partial charge in [-0.05, 0) is 34.7 Å². The molecule has 1 aliphatic heterocycles. The Morgan fingerprint density at radius 1 is 1.24 bits per heavy atom. The highest BCUT2D eigenvalue weighted by Gasteiger charge is 2.31. The average molecular weight is 425 g/mol. The molecule has 0 N–H and O–H groups in total. The number of hydrogen-bond acceptors (Lipinski definition) is 6. The molecule has 1 fully saturated rings. The fourth-order valence-corrected chi connectivity index (χ4v) is 4.69. The summed E-state index contributed by atoms with van der Waals surface area (Å²) in [5.41, 5.74) is 0.664. The molecular formula is C17H18F3N7OS. The number of aromatic nitrogens is 6. The smallest absolute Gasteiger partial charge is 0.287 e. The maximum Gasteiger partial charge on any atom is 0.416 e. The Kier molecular flexibility index (Phi) is 5.21. The molecule has 1 aliphatic rings. The Morgan fingerprint density at radius 2 is 2.00 bits per heavy atom. The molecule has 0 amide bonds. The maximum absolute atomic E-state index is 12.8. The molecule has 3 heterocycles. The normalized spacial score (nSPS) is 20.8. The van der Waals surface area contributed by atoms with Crippen LogP contribution in [0.1, 0.15) is 23.0 Å². The lowest BCUT2D eigenvalue weighted by atomic mass is 10.1. The summed E-state index contributed by atoms with van der Waals surface area (Å²) in [5, 5.41) is 15.9.